The molecule has 0 saturated carbocycles. The smallest absolute Gasteiger partial charge is 0.291 e. The fourth-order valence-electron chi connectivity index (χ4n) is 4.09. The Balaban J connectivity index is 1.48. The molecular formula is C21H25N3O3. The molecule has 2 saturated heterocycles. The number of hydrogen-bond acceptors (Lipinski definition) is 4. The van der Waals surface area contributed by atoms with Crippen LogP contribution in [0.15, 0.2) is 41.0 Å². The first kappa shape index (κ1) is 17.8. The second kappa shape index (κ2) is 7.56. The average Bonchev–Trinajstić information content (AvgIpc) is 3.32. The summed E-state index contributed by atoms with van der Waals surface area (Å²) in [4.78, 5) is 27.2. The third-order valence-electron chi connectivity index (χ3n) is 5.78. The molecule has 0 spiro atoms. The number of carbonyl (C=O) groups excluding carboxylic acids is 2. The number of likely N-dealkylation sites (tertiary alicyclic amines) is 1. The lowest BCUT2D eigenvalue weighted by molar-refractivity contribution is 0.0758. The van der Waals surface area contributed by atoms with Gasteiger partial charge in [0.05, 0.1) is 6.26 Å². The first-order valence-corrected chi connectivity index (χ1v) is 9.57. The van der Waals surface area contributed by atoms with Crippen LogP contribution < -0.4 is 10.6 Å². The molecule has 2 aliphatic rings. The van der Waals surface area contributed by atoms with Crippen molar-refractivity contribution >= 4 is 17.5 Å². The van der Waals surface area contributed by atoms with Crippen LogP contribution in [0, 0.1) is 18.8 Å². The van der Waals surface area contributed by atoms with Crippen molar-refractivity contribution in [3.05, 3.63) is 53.5 Å². The number of nitrogens with zero attached hydrogens (tertiary/aromatic N) is 1. The van der Waals surface area contributed by atoms with Gasteiger partial charge in [0, 0.05) is 24.3 Å². The van der Waals surface area contributed by atoms with E-state index in [9.17, 15) is 9.59 Å². The monoisotopic (exact) mass is 367 g/mol. The van der Waals surface area contributed by atoms with Crippen molar-refractivity contribution in [2.75, 3.05) is 31.5 Å². The van der Waals surface area contributed by atoms with Crippen molar-refractivity contribution in [1.82, 2.24) is 10.2 Å². The highest BCUT2D eigenvalue weighted by Crippen LogP contribution is 2.28. The average molecular weight is 367 g/mol. The predicted octanol–water partition coefficient (Wildman–Crippen LogP) is 2.91. The lowest BCUT2D eigenvalue weighted by atomic mass is 9.92. The molecule has 3 heterocycles. The third-order valence-corrected chi connectivity index (χ3v) is 5.78. The zero-order chi connectivity index (χ0) is 18.8. The Hall–Kier alpha value is -2.60. The molecule has 2 amide bonds. The molecule has 6 heteroatoms. The van der Waals surface area contributed by atoms with E-state index in [1.165, 1.54) is 6.26 Å². The topological polar surface area (TPSA) is 74.6 Å². The van der Waals surface area contributed by atoms with Crippen molar-refractivity contribution in [3.63, 3.8) is 0 Å². The van der Waals surface area contributed by atoms with Crippen molar-refractivity contribution in [2.24, 2.45) is 11.8 Å². The molecule has 1 aromatic carbocycles. The normalized spacial score (nSPS) is 22.2. The maximum Gasteiger partial charge on any atom is 0.291 e. The van der Waals surface area contributed by atoms with Crippen LogP contribution in [0.25, 0.3) is 0 Å². The van der Waals surface area contributed by atoms with Crippen LogP contribution in [0.2, 0.25) is 0 Å². The van der Waals surface area contributed by atoms with Gasteiger partial charge >= 0.3 is 0 Å². The molecule has 2 atom stereocenters. The van der Waals surface area contributed by atoms with E-state index in [4.69, 9.17) is 4.42 Å². The Bertz CT molecular complexity index is 817. The van der Waals surface area contributed by atoms with E-state index in [1.807, 2.05) is 24.0 Å². The molecule has 2 N–H and O–H groups in total. The highest BCUT2D eigenvalue weighted by molar-refractivity contribution is 6.03. The Labute approximate surface area is 158 Å². The highest BCUT2D eigenvalue weighted by atomic mass is 16.3. The molecule has 0 aliphatic carbocycles. The number of furan rings is 1. The Morgan fingerprint density at radius 2 is 1.89 bits per heavy atom. The van der Waals surface area contributed by atoms with E-state index in [-0.39, 0.29) is 17.6 Å². The first-order chi connectivity index (χ1) is 13.1. The fraction of sp³-hybridized carbons (Fsp3) is 0.429. The second-order valence-electron chi connectivity index (χ2n) is 7.51. The molecule has 0 unspecified atom stereocenters. The molecule has 6 nitrogen and oxygen atoms in total. The molecule has 2 aromatic rings. The van der Waals surface area contributed by atoms with Crippen LogP contribution in [0.5, 0.6) is 0 Å². The number of amides is 2. The third kappa shape index (κ3) is 3.76. The zero-order valence-corrected chi connectivity index (χ0v) is 15.5. The summed E-state index contributed by atoms with van der Waals surface area (Å²) in [6, 6.07) is 8.77. The largest absolute Gasteiger partial charge is 0.459 e. The molecule has 2 fully saturated rings. The van der Waals surface area contributed by atoms with Gasteiger partial charge in [-0.05, 0) is 74.5 Å². The summed E-state index contributed by atoms with van der Waals surface area (Å²) in [6.45, 7) is 5.64. The minimum absolute atomic E-state index is 0.0384. The van der Waals surface area contributed by atoms with Gasteiger partial charge in [-0.3, -0.25) is 9.59 Å². The van der Waals surface area contributed by atoms with E-state index >= 15 is 0 Å². The van der Waals surface area contributed by atoms with Gasteiger partial charge in [0.25, 0.3) is 11.8 Å². The van der Waals surface area contributed by atoms with E-state index in [0.717, 1.165) is 44.6 Å². The lowest BCUT2D eigenvalue weighted by Crippen LogP contribution is -2.32. The van der Waals surface area contributed by atoms with Crippen LogP contribution in [0.3, 0.4) is 0 Å². The zero-order valence-electron chi connectivity index (χ0n) is 15.5. The number of carbonyl (C=O) groups is 2. The number of hydrogen-bond donors (Lipinski definition) is 2. The highest BCUT2D eigenvalue weighted by Gasteiger charge is 2.31. The Morgan fingerprint density at radius 1 is 1.15 bits per heavy atom. The van der Waals surface area contributed by atoms with Crippen molar-refractivity contribution < 1.29 is 14.0 Å². The standard InChI is InChI=1S/C21H25N3O3/c1-14-4-5-15(11-18(14)23-20(25)19-3-2-10-27-19)21(26)24-8-6-16-12-22-13-17(16)7-9-24/h2-5,10-11,16-17,22H,6-9,12-13H2,1H3,(H,23,25)/t16-,17+. The number of anilines is 1. The maximum atomic E-state index is 13.0. The van der Waals surface area contributed by atoms with Crippen LogP contribution in [0.1, 0.15) is 39.3 Å². The quantitative estimate of drug-likeness (QED) is 0.875. The molecule has 142 valence electrons. The van der Waals surface area contributed by atoms with E-state index in [0.29, 0.717) is 23.1 Å². The molecular weight excluding hydrogens is 342 g/mol. The van der Waals surface area contributed by atoms with Crippen molar-refractivity contribution in [1.29, 1.82) is 0 Å². The van der Waals surface area contributed by atoms with Gasteiger partial charge < -0.3 is 20.0 Å². The number of rotatable bonds is 3. The molecule has 0 radical (unpaired) electrons. The van der Waals surface area contributed by atoms with Gasteiger partial charge in [-0.25, -0.2) is 0 Å². The number of aryl methyl sites for hydroxylation is 1. The van der Waals surface area contributed by atoms with Crippen LogP contribution >= 0.6 is 0 Å². The second-order valence-corrected chi connectivity index (χ2v) is 7.51. The summed E-state index contributed by atoms with van der Waals surface area (Å²) in [6.07, 6.45) is 3.57. The minimum atomic E-state index is -0.317. The maximum absolute atomic E-state index is 13.0. The summed E-state index contributed by atoms with van der Waals surface area (Å²) in [7, 11) is 0. The predicted molar refractivity (Wildman–Crippen MR) is 103 cm³/mol. The molecule has 2 aliphatic heterocycles. The van der Waals surface area contributed by atoms with Gasteiger partial charge in [0.2, 0.25) is 0 Å². The number of fused-ring (bicyclic) bond motifs is 1. The summed E-state index contributed by atoms with van der Waals surface area (Å²) >= 11 is 0. The van der Waals surface area contributed by atoms with E-state index in [2.05, 4.69) is 10.6 Å². The van der Waals surface area contributed by atoms with Gasteiger partial charge in [-0.2, -0.15) is 0 Å². The molecule has 0 bridgehead atoms. The SMILES string of the molecule is Cc1ccc(C(=O)N2CC[C@@H]3CNC[C@@H]3CC2)cc1NC(=O)c1ccco1. The van der Waals surface area contributed by atoms with Gasteiger partial charge in [-0.1, -0.05) is 6.07 Å². The van der Waals surface area contributed by atoms with E-state index in [1.54, 1.807) is 18.2 Å². The van der Waals surface area contributed by atoms with E-state index < -0.39 is 0 Å². The van der Waals surface area contributed by atoms with Crippen LogP contribution in [0.4, 0.5) is 5.69 Å². The number of benzene rings is 1. The van der Waals surface area contributed by atoms with Gasteiger partial charge in [0.1, 0.15) is 0 Å². The van der Waals surface area contributed by atoms with Crippen molar-refractivity contribution in [3.8, 4) is 0 Å². The Morgan fingerprint density at radius 3 is 2.56 bits per heavy atom. The summed E-state index contributed by atoms with van der Waals surface area (Å²) in [5, 5.41) is 6.30. The summed E-state index contributed by atoms with van der Waals surface area (Å²) in [5.41, 5.74) is 2.15. The summed E-state index contributed by atoms with van der Waals surface area (Å²) in [5.74, 6) is 1.34. The fourth-order valence-corrected chi connectivity index (χ4v) is 4.09. The number of nitrogens with one attached hydrogen (secondary N) is 2. The lowest BCUT2D eigenvalue weighted by Gasteiger charge is -2.21. The van der Waals surface area contributed by atoms with Crippen LogP contribution in [-0.4, -0.2) is 42.9 Å². The van der Waals surface area contributed by atoms with Gasteiger partial charge in [0.15, 0.2) is 5.76 Å². The Kier molecular flexibility index (Phi) is 4.99. The first-order valence-electron chi connectivity index (χ1n) is 9.57. The van der Waals surface area contributed by atoms with Crippen LogP contribution in [-0.2, 0) is 0 Å². The molecule has 1 aromatic heterocycles. The van der Waals surface area contributed by atoms with Crippen molar-refractivity contribution in [2.45, 2.75) is 19.8 Å². The molecule has 27 heavy (non-hydrogen) atoms. The minimum Gasteiger partial charge on any atom is -0.459 e. The molecule has 4 rings (SSSR count). The summed E-state index contributed by atoms with van der Waals surface area (Å²) < 4.78 is 5.14. The van der Waals surface area contributed by atoms with Gasteiger partial charge in [-0.15, -0.1) is 0 Å².